The van der Waals surface area contributed by atoms with Crippen LogP contribution in [0, 0.1) is 0 Å². The van der Waals surface area contributed by atoms with E-state index in [1.54, 1.807) is 18.5 Å². The Morgan fingerprint density at radius 2 is 2.16 bits per heavy atom. The number of nitrogen functional groups attached to an aromatic ring is 1. The first-order valence-corrected chi connectivity index (χ1v) is 6.10. The van der Waals surface area contributed by atoms with Crippen LogP contribution < -0.4 is 5.73 Å². The molecule has 0 aliphatic rings. The molecule has 0 aliphatic carbocycles. The van der Waals surface area contributed by atoms with E-state index in [1.807, 2.05) is 29.7 Å². The number of imidazole rings is 1. The number of fused-ring (bicyclic) bond motifs is 1. The Morgan fingerprint density at radius 3 is 2.95 bits per heavy atom. The maximum atomic E-state index is 10.1. The van der Waals surface area contributed by atoms with Crippen LogP contribution in [0.4, 0.5) is 5.69 Å². The molecule has 2 heterocycles. The average molecular weight is 254 g/mol. The van der Waals surface area contributed by atoms with Crippen LogP contribution in [-0.2, 0) is 6.54 Å². The zero-order valence-electron chi connectivity index (χ0n) is 10.5. The quantitative estimate of drug-likeness (QED) is 0.544. The zero-order chi connectivity index (χ0) is 13.4. The number of nitrogens with zero attached hydrogens (tertiary/aromatic N) is 3. The lowest BCUT2D eigenvalue weighted by Gasteiger charge is -2.09. The first kappa shape index (κ1) is 11.5. The van der Waals surface area contributed by atoms with Gasteiger partial charge in [-0.2, -0.15) is 0 Å². The molecule has 0 spiro atoms. The maximum absolute atomic E-state index is 10.1. The molecule has 5 nitrogen and oxygen atoms in total. The van der Waals surface area contributed by atoms with Gasteiger partial charge in [-0.15, -0.1) is 0 Å². The monoisotopic (exact) mass is 254 g/mol. The zero-order valence-corrected chi connectivity index (χ0v) is 10.5. The summed E-state index contributed by atoms with van der Waals surface area (Å²) in [4.78, 5) is 8.61. The van der Waals surface area contributed by atoms with Crippen molar-refractivity contribution in [3.8, 4) is 17.1 Å². The number of aromatic nitrogens is 3. The molecular formula is C14H14N4O. The minimum Gasteiger partial charge on any atom is -0.505 e. The van der Waals surface area contributed by atoms with Crippen molar-refractivity contribution < 1.29 is 5.11 Å². The smallest absolute Gasteiger partial charge is 0.149 e. The van der Waals surface area contributed by atoms with Gasteiger partial charge in [-0.3, -0.25) is 4.98 Å². The minimum absolute atomic E-state index is 0.0699. The van der Waals surface area contributed by atoms with Crippen LogP contribution in [0.15, 0.2) is 36.7 Å². The summed E-state index contributed by atoms with van der Waals surface area (Å²) in [5.41, 5.74) is 8.53. The van der Waals surface area contributed by atoms with Gasteiger partial charge in [0.05, 0.1) is 23.0 Å². The predicted molar refractivity (Wildman–Crippen MR) is 74.7 cm³/mol. The number of pyridine rings is 1. The number of anilines is 1. The van der Waals surface area contributed by atoms with Crippen LogP contribution in [0.2, 0.25) is 0 Å². The SMILES string of the molecule is CCn1c(-c2cccc(N)c2O)nc2cnccc21. The molecule has 0 bridgehead atoms. The first-order valence-electron chi connectivity index (χ1n) is 6.10. The van der Waals surface area contributed by atoms with E-state index in [9.17, 15) is 5.11 Å². The van der Waals surface area contributed by atoms with Gasteiger partial charge >= 0.3 is 0 Å². The highest BCUT2D eigenvalue weighted by atomic mass is 16.3. The number of phenolic OH excluding ortho intramolecular Hbond substituents is 1. The molecule has 2 aromatic heterocycles. The number of para-hydroxylation sites is 1. The second kappa shape index (κ2) is 4.28. The second-order valence-corrected chi connectivity index (χ2v) is 4.29. The van der Waals surface area contributed by atoms with E-state index in [0.717, 1.165) is 17.6 Å². The largest absolute Gasteiger partial charge is 0.505 e. The second-order valence-electron chi connectivity index (χ2n) is 4.29. The number of aryl methyl sites for hydroxylation is 1. The van der Waals surface area contributed by atoms with Crippen LogP contribution in [0.25, 0.3) is 22.4 Å². The molecule has 0 amide bonds. The van der Waals surface area contributed by atoms with Gasteiger partial charge in [0.1, 0.15) is 17.1 Å². The number of hydrogen-bond donors (Lipinski definition) is 2. The Bertz CT molecular complexity index is 748. The van der Waals surface area contributed by atoms with Crippen molar-refractivity contribution in [2.45, 2.75) is 13.5 Å². The van der Waals surface area contributed by atoms with Crippen molar-refractivity contribution in [2.75, 3.05) is 5.73 Å². The Balaban J connectivity index is 2.33. The highest BCUT2D eigenvalue weighted by molar-refractivity contribution is 5.82. The molecule has 1 aromatic carbocycles. The van der Waals surface area contributed by atoms with Gasteiger partial charge in [0.15, 0.2) is 0 Å². The summed E-state index contributed by atoms with van der Waals surface area (Å²) < 4.78 is 2.03. The molecule has 0 atom stereocenters. The Labute approximate surface area is 110 Å². The minimum atomic E-state index is 0.0699. The fourth-order valence-corrected chi connectivity index (χ4v) is 2.25. The molecule has 96 valence electrons. The molecule has 0 fully saturated rings. The molecule has 0 saturated heterocycles. The fraction of sp³-hybridized carbons (Fsp3) is 0.143. The van der Waals surface area contributed by atoms with Gasteiger partial charge in [-0.25, -0.2) is 4.98 Å². The third-order valence-corrected chi connectivity index (χ3v) is 3.17. The number of aromatic hydroxyl groups is 1. The Hall–Kier alpha value is -2.56. The van der Waals surface area contributed by atoms with E-state index in [1.165, 1.54) is 0 Å². The third kappa shape index (κ3) is 1.71. The number of hydrogen-bond acceptors (Lipinski definition) is 4. The average Bonchev–Trinajstić information content (AvgIpc) is 2.80. The molecule has 3 N–H and O–H groups in total. The molecular weight excluding hydrogens is 240 g/mol. The standard InChI is InChI=1S/C14H14N4O/c1-2-18-12-6-7-16-8-11(12)17-14(18)9-4-3-5-10(15)13(9)19/h3-8,19H,2,15H2,1H3. The van der Waals surface area contributed by atoms with Crippen molar-refractivity contribution >= 4 is 16.7 Å². The van der Waals surface area contributed by atoms with Crippen molar-refractivity contribution in [3.63, 3.8) is 0 Å². The van der Waals surface area contributed by atoms with Gasteiger partial charge in [-0.05, 0) is 25.1 Å². The van der Waals surface area contributed by atoms with Crippen molar-refractivity contribution in [2.24, 2.45) is 0 Å². The van der Waals surface area contributed by atoms with Crippen LogP contribution in [0.5, 0.6) is 5.75 Å². The summed E-state index contributed by atoms with van der Waals surface area (Å²) >= 11 is 0. The Morgan fingerprint density at radius 1 is 1.32 bits per heavy atom. The normalized spacial score (nSPS) is 11.0. The topological polar surface area (TPSA) is 77.0 Å². The lowest BCUT2D eigenvalue weighted by atomic mass is 10.1. The number of rotatable bonds is 2. The molecule has 3 aromatic rings. The summed E-state index contributed by atoms with van der Waals surface area (Å²) in [6, 6.07) is 7.20. The number of nitrogens with two attached hydrogens (primary N) is 1. The number of phenols is 1. The van der Waals surface area contributed by atoms with Gasteiger partial charge in [0.25, 0.3) is 0 Å². The summed E-state index contributed by atoms with van der Waals surface area (Å²) in [6.45, 7) is 2.79. The summed E-state index contributed by atoms with van der Waals surface area (Å²) in [6.07, 6.45) is 3.45. The van der Waals surface area contributed by atoms with Gasteiger partial charge in [-0.1, -0.05) is 6.07 Å². The van der Waals surface area contributed by atoms with Crippen molar-refractivity contribution in [3.05, 3.63) is 36.7 Å². The molecule has 0 unspecified atom stereocenters. The highest BCUT2D eigenvalue weighted by Crippen LogP contribution is 2.34. The van der Waals surface area contributed by atoms with Crippen molar-refractivity contribution in [1.82, 2.24) is 14.5 Å². The van der Waals surface area contributed by atoms with Gasteiger partial charge in [0.2, 0.25) is 0 Å². The van der Waals surface area contributed by atoms with E-state index in [4.69, 9.17) is 5.73 Å². The van der Waals surface area contributed by atoms with Crippen LogP contribution >= 0.6 is 0 Å². The highest BCUT2D eigenvalue weighted by Gasteiger charge is 2.15. The van der Waals surface area contributed by atoms with Crippen LogP contribution in [0.3, 0.4) is 0 Å². The maximum Gasteiger partial charge on any atom is 0.149 e. The molecule has 0 aliphatic heterocycles. The lowest BCUT2D eigenvalue weighted by Crippen LogP contribution is -1.98. The summed E-state index contributed by atoms with van der Waals surface area (Å²) in [7, 11) is 0. The van der Waals surface area contributed by atoms with Crippen LogP contribution in [0.1, 0.15) is 6.92 Å². The summed E-state index contributed by atoms with van der Waals surface area (Å²) in [5, 5.41) is 10.1. The molecule has 5 heteroatoms. The van der Waals surface area contributed by atoms with Gasteiger partial charge < -0.3 is 15.4 Å². The van der Waals surface area contributed by atoms with E-state index in [-0.39, 0.29) is 5.75 Å². The van der Waals surface area contributed by atoms with E-state index >= 15 is 0 Å². The Kier molecular flexibility index (Phi) is 2.59. The molecule has 0 radical (unpaired) electrons. The predicted octanol–water partition coefficient (Wildman–Crippen LogP) is 2.41. The number of benzene rings is 1. The van der Waals surface area contributed by atoms with Crippen LogP contribution in [-0.4, -0.2) is 19.6 Å². The van der Waals surface area contributed by atoms with E-state index < -0.39 is 0 Å². The molecule has 0 saturated carbocycles. The van der Waals surface area contributed by atoms with E-state index in [2.05, 4.69) is 9.97 Å². The van der Waals surface area contributed by atoms with E-state index in [0.29, 0.717) is 17.1 Å². The van der Waals surface area contributed by atoms with Crippen molar-refractivity contribution in [1.29, 1.82) is 0 Å². The lowest BCUT2D eigenvalue weighted by molar-refractivity contribution is 0.479. The summed E-state index contributed by atoms with van der Waals surface area (Å²) in [5.74, 6) is 0.774. The first-order chi connectivity index (χ1) is 9.22. The van der Waals surface area contributed by atoms with Gasteiger partial charge in [0, 0.05) is 12.7 Å². The molecule has 3 rings (SSSR count). The third-order valence-electron chi connectivity index (χ3n) is 3.17. The fourth-order valence-electron chi connectivity index (χ4n) is 2.25. The molecule has 19 heavy (non-hydrogen) atoms.